The van der Waals surface area contributed by atoms with Gasteiger partial charge in [0.1, 0.15) is 0 Å². The number of carbonyl (C=O) groups excluding carboxylic acids is 1. The maximum absolute atomic E-state index is 12.3. The fraction of sp³-hybridized carbons (Fsp3) is 0.500. The number of hydrogen-bond donors (Lipinski definition) is 0. The van der Waals surface area contributed by atoms with Gasteiger partial charge in [-0.15, -0.1) is 24.9 Å². The fourth-order valence-electron chi connectivity index (χ4n) is 2.13. The molecule has 120 valence electrons. The van der Waals surface area contributed by atoms with Gasteiger partial charge in [-0.2, -0.15) is 0 Å². The van der Waals surface area contributed by atoms with Gasteiger partial charge < -0.3 is 4.74 Å². The van der Waals surface area contributed by atoms with Crippen molar-refractivity contribution in [2.45, 2.75) is 26.6 Å². The number of halogens is 3. The SMILES string of the molecule is CC(C)Cc1c(C(=O)OC(F)(F)F)cncc1C1=NCCS1. The van der Waals surface area contributed by atoms with Crippen LogP contribution in [-0.4, -0.2) is 34.7 Å². The molecule has 0 saturated carbocycles. The molecule has 1 aromatic rings. The second kappa shape index (κ2) is 6.68. The number of nitrogens with zero attached hydrogens (tertiary/aromatic N) is 2. The highest BCUT2D eigenvalue weighted by molar-refractivity contribution is 8.14. The first kappa shape index (κ1) is 16.8. The summed E-state index contributed by atoms with van der Waals surface area (Å²) in [5.74, 6) is -0.458. The van der Waals surface area contributed by atoms with E-state index in [2.05, 4.69) is 14.7 Å². The largest absolute Gasteiger partial charge is 0.575 e. The van der Waals surface area contributed by atoms with Gasteiger partial charge in [-0.1, -0.05) is 13.8 Å². The molecule has 1 aromatic heterocycles. The normalized spacial score (nSPS) is 15.1. The van der Waals surface area contributed by atoms with Gasteiger partial charge in [-0.05, 0) is 17.9 Å². The number of carbonyl (C=O) groups is 1. The zero-order valence-corrected chi connectivity index (χ0v) is 12.9. The molecule has 0 saturated heterocycles. The van der Waals surface area contributed by atoms with Crippen LogP contribution in [0.5, 0.6) is 0 Å². The molecule has 2 heterocycles. The number of esters is 1. The van der Waals surface area contributed by atoms with Gasteiger partial charge >= 0.3 is 12.3 Å². The Bertz CT molecular complexity index is 600. The Morgan fingerprint density at radius 2 is 2.14 bits per heavy atom. The third-order valence-electron chi connectivity index (χ3n) is 2.91. The smallest absolute Gasteiger partial charge is 0.369 e. The van der Waals surface area contributed by atoms with E-state index < -0.39 is 12.3 Å². The first-order valence-electron chi connectivity index (χ1n) is 6.72. The Balaban J connectivity index is 2.44. The van der Waals surface area contributed by atoms with Crippen LogP contribution < -0.4 is 0 Å². The monoisotopic (exact) mass is 332 g/mol. The average molecular weight is 332 g/mol. The highest BCUT2D eigenvalue weighted by Gasteiger charge is 2.35. The van der Waals surface area contributed by atoms with Crippen molar-refractivity contribution >= 4 is 22.8 Å². The molecule has 0 N–H and O–H groups in total. The highest BCUT2D eigenvalue weighted by Crippen LogP contribution is 2.27. The lowest BCUT2D eigenvalue weighted by Gasteiger charge is -2.15. The zero-order valence-electron chi connectivity index (χ0n) is 12.1. The van der Waals surface area contributed by atoms with Gasteiger partial charge in [-0.25, -0.2) is 4.79 Å². The number of rotatable bonds is 4. The number of aliphatic imine (C=N–C) groups is 1. The number of thioether (sulfide) groups is 1. The van der Waals surface area contributed by atoms with Gasteiger partial charge in [0.25, 0.3) is 0 Å². The topological polar surface area (TPSA) is 51.5 Å². The molecule has 2 rings (SSSR count). The summed E-state index contributed by atoms with van der Waals surface area (Å²) in [6, 6.07) is 0. The van der Waals surface area contributed by atoms with Gasteiger partial charge in [-0.3, -0.25) is 9.98 Å². The average Bonchev–Trinajstić information content (AvgIpc) is 2.89. The van der Waals surface area contributed by atoms with Crippen molar-refractivity contribution in [2.24, 2.45) is 10.9 Å². The van der Waals surface area contributed by atoms with Crippen LogP contribution in [0.4, 0.5) is 13.2 Å². The minimum atomic E-state index is -5.01. The van der Waals surface area contributed by atoms with Crippen molar-refractivity contribution in [2.75, 3.05) is 12.3 Å². The quantitative estimate of drug-likeness (QED) is 0.793. The molecule has 0 bridgehead atoms. The van der Waals surface area contributed by atoms with Crippen molar-refractivity contribution in [3.05, 3.63) is 29.1 Å². The van der Waals surface area contributed by atoms with Gasteiger partial charge in [0, 0.05) is 30.3 Å². The summed E-state index contributed by atoms with van der Waals surface area (Å²) >= 11 is 1.51. The maximum Gasteiger partial charge on any atom is 0.575 e. The molecule has 1 aliphatic rings. The summed E-state index contributed by atoms with van der Waals surface area (Å²) in [6.45, 7) is 4.50. The van der Waals surface area contributed by atoms with Crippen molar-refractivity contribution in [1.82, 2.24) is 4.98 Å². The number of ether oxygens (including phenoxy) is 1. The second-order valence-electron chi connectivity index (χ2n) is 5.18. The molecule has 0 aliphatic carbocycles. The van der Waals surface area contributed by atoms with Crippen LogP contribution >= 0.6 is 11.8 Å². The molecule has 0 amide bonds. The Morgan fingerprint density at radius 1 is 1.41 bits per heavy atom. The van der Waals surface area contributed by atoms with Crippen LogP contribution in [0.3, 0.4) is 0 Å². The Morgan fingerprint density at radius 3 is 2.68 bits per heavy atom. The molecular formula is C14H15F3N2O2S. The molecular weight excluding hydrogens is 317 g/mol. The summed E-state index contributed by atoms with van der Waals surface area (Å²) in [6.07, 6.45) is -1.91. The van der Waals surface area contributed by atoms with Crippen LogP contribution in [0.15, 0.2) is 17.4 Å². The van der Waals surface area contributed by atoms with Gasteiger partial charge in [0.05, 0.1) is 10.6 Å². The number of alkyl halides is 3. The first-order chi connectivity index (χ1) is 10.3. The summed E-state index contributed by atoms with van der Waals surface area (Å²) in [5, 5.41) is 0.713. The Hall–Kier alpha value is -1.57. The maximum atomic E-state index is 12.3. The van der Waals surface area contributed by atoms with E-state index in [1.807, 2.05) is 13.8 Å². The molecule has 0 spiro atoms. The minimum Gasteiger partial charge on any atom is -0.369 e. The van der Waals surface area contributed by atoms with Crippen LogP contribution in [0.2, 0.25) is 0 Å². The first-order valence-corrected chi connectivity index (χ1v) is 7.71. The van der Waals surface area contributed by atoms with Crippen LogP contribution in [0.1, 0.15) is 35.3 Å². The van der Waals surface area contributed by atoms with Crippen molar-refractivity contribution in [3.63, 3.8) is 0 Å². The van der Waals surface area contributed by atoms with Crippen LogP contribution in [0, 0.1) is 5.92 Å². The second-order valence-corrected chi connectivity index (χ2v) is 6.27. The lowest BCUT2D eigenvalue weighted by atomic mass is 9.95. The Kier molecular flexibility index (Phi) is 5.10. The molecule has 22 heavy (non-hydrogen) atoms. The lowest BCUT2D eigenvalue weighted by molar-refractivity contribution is -0.291. The fourth-order valence-corrected chi connectivity index (χ4v) is 3.02. The summed E-state index contributed by atoms with van der Waals surface area (Å²) in [5.41, 5.74) is 0.971. The highest BCUT2D eigenvalue weighted by atomic mass is 32.2. The van der Waals surface area contributed by atoms with E-state index >= 15 is 0 Å². The van der Waals surface area contributed by atoms with E-state index in [0.29, 0.717) is 29.1 Å². The lowest BCUT2D eigenvalue weighted by Crippen LogP contribution is -2.22. The molecule has 0 aromatic carbocycles. The van der Waals surface area contributed by atoms with E-state index in [0.717, 1.165) is 11.9 Å². The van der Waals surface area contributed by atoms with Gasteiger partial charge in [0.2, 0.25) is 0 Å². The van der Waals surface area contributed by atoms with Crippen molar-refractivity contribution in [3.8, 4) is 0 Å². The Labute approximate surface area is 130 Å². The van der Waals surface area contributed by atoms with E-state index in [-0.39, 0.29) is 11.5 Å². The summed E-state index contributed by atoms with van der Waals surface area (Å²) in [7, 11) is 0. The molecule has 0 fully saturated rings. The molecule has 0 atom stereocenters. The molecule has 1 aliphatic heterocycles. The van der Waals surface area contributed by atoms with E-state index in [4.69, 9.17) is 0 Å². The van der Waals surface area contributed by atoms with E-state index in [1.54, 1.807) is 6.20 Å². The van der Waals surface area contributed by atoms with E-state index in [1.165, 1.54) is 11.8 Å². The van der Waals surface area contributed by atoms with Crippen LogP contribution in [0.25, 0.3) is 0 Å². The minimum absolute atomic E-state index is 0.154. The summed E-state index contributed by atoms with van der Waals surface area (Å²) < 4.78 is 40.4. The third-order valence-corrected chi connectivity index (χ3v) is 3.92. The van der Waals surface area contributed by atoms with Crippen LogP contribution in [-0.2, 0) is 11.2 Å². The van der Waals surface area contributed by atoms with Crippen molar-refractivity contribution in [1.29, 1.82) is 0 Å². The number of hydrogen-bond acceptors (Lipinski definition) is 5. The van der Waals surface area contributed by atoms with Crippen molar-refractivity contribution < 1.29 is 22.7 Å². The molecule has 0 unspecified atom stereocenters. The third kappa shape index (κ3) is 4.22. The predicted molar refractivity (Wildman–Crippen MR) is 78.1 cm³/mol. The summed E-state index contributed by atoms with van der Waals surface area (Å²) in [4.78, 5) is 20.0. The zero-order chi connectivity index (χ0) is 16.3. The molecule has 4 nitrogen and oxygen atoms in total. The van der Waals surface area contributed by atoms with E-state index in [9.17, 15) is 18.0 Å². The molecule has 8 heteroatoms. The van der Waals surface area contributed by atoms with Gasteiger partial charge in [0.15, 0.2) is 0 Å². The standard InChI is InChI=1S/C14H15F3N2O2S/c1-8(2)5-9-10(12-19-3-4-22-12)6-18-7-11(9)13(20)21-14(15,16)17/h6-8H,3-5H2,1-2H3. The molecule has 0 radical (unpaired) electrons. The predicted octanol–water partition coefficient (Wildman–Crippen LogP) is 3.45. The number of aromatic nitrogens is 1. The number of pyridine rings is 1.